The topological polar surface area (TPSA) is 41.1 Å². The summed E-state index contributed by atoms with van der Waals surface area (Å²) in [6, 6.07) is 7.90. The van der Waals surface area contributed by atoms with Crippen LogP contribution < -0.4 is 10.6 Å². The number of hydrogen-bond donors (Lipinski definition) is 2. The van der Waals surface area contributed by atoms with Gasteiger partial charge in [0.05, 0.1) is 5.56 Å². The van der Waals surface area contributed by atoms with Crippen LogP contribution in [0.15, 0.2) is 35.0 Å². The molecule has 2 N–H and O–H groups in total. The number of hydrogen-bond acceptors (Lipinski definition) is 3. The number of rotatable bonds is 5. The highest BCUT2D eigenvalue weighted by molar-refractivity contribution is 7.07. The van der Waals surface area contributed by atoms with Crippen LogP contribution in [0.25, 0.3) is 0 Å². The minimum absolute atomic E-state index is 0.0362. The summed E-state index contributed by atoms with van der Waals surface area (Å²) in [5, 5.41) is 10.2. The number of carbonyl (C=O) groups excluding carboxylic acids is 1. The van der Waals surface area contributed by atoms with Crippen LogP contribution in [0.3, 0.4) is 0 Å². The Morgan fingerprint density at radius 2 is 2.16 bits per heavy atom. The fourth-order valence-corrected chi connectivity index (χ4v) is 2.53. The van der Waals surface area contributed by atoms with Crippen LogP contribution in [-0.4, -0.2) is 12.5 Å². The third kappa shape index (κ3) is 3.58. The number of thiophene rings is 1. The lowest BCUT2D eigenvalue weighted by Gasteiger charge is -2.11. The summed E-state index contributed by atoms with van der Waals surface area (Å²) in [5.74, 6) is -0.0362. The van der Waals surface area contributed by atoms with Crippen molar-refractivity contribution >= 4 is 22.9 Å². The number of carbonyl (C=O) groups is 1. The molecule has 3 nitrogen and oxygen atoms in total. The summed E-state index contributed by atoms with van der Waals surface area (Å²) in [6.07, 6.45) is 0. The van der Waals surface area contributed by atoms with Gasteiger partial charge in [-0.25, -0.2) is 0 Å². The van der Waals surface area contributed by atoms with Crippen LogP contribution in [-0.2, 0) is 6.54 Å². The monoisotopic (exact) mass is 274 g/mol. The van der Waals surface area contributed by atoms with E-state index in [0.29, 0.717) is 12.1 Å². The first-order valence-corrected chi connectivity index (χ1v) is 7.28. The summed E-state index contributed by atoms with van der Waals surface area (Å²) in [7, 11) is 0. The van der Waals surface area contributed by atoms with Crippen molar-refractivity contribution in [3.05, 3.63) is 51.7 Å². The maximum absolute atomic E-state index is 12.2. The summed E-state index contributed by atoms with van der Waals surface area (Å²) >= 11 is 1.64. The molecule has 0 saturated carbocycles. The Morgan fingerprint density at radius 3 is 2.84 bits per heavy atom. The second-order valence-corrected chi connectivity index (χ2v) is 5.17. The van der Waals surface area contributed by atoms with Gasteiger partial charge in [-0.15, -0.1) is 0 Å². The lowest BCUT2D eigenvalue weighted by atomic mass is 10.1. The minimum atomic E-state index is -0.0362. The minimum Gasteiger partial charge on any atom is -0.385 e. The summed E-state index contributed by atoms with van der Waals surface area (Å²) in [5.41, 5.74) is 3.81. The predicted octanol–water partition coefficient (Wildman–Crippen LogP) is 3.42. The number of aryl methyl sites for hydroxylation is 1. The van der Waals surface area contributed by atoms with Crippen LogP contribution in [0.5, 0.6) is 0 Å². The number of anilines is 1. The van der Waals surface area contributed by atoms with E-state index in [1.807, 2.05) is 48.9 Å². The van der Waals surface area contributed by atoms with E-state index in [9.17, 15) is 4.79 Å². The lowest BCUT2D eigenvalue weighted by molar-refractivity contribution is 0.0951. The van der Waals surface area contributed by atoms with Gasteiger partial charge in [-0.3, -0.25) is 4.79 Å². The van der Waals surface area contributed by atoms with Gasteiger partial charge in [0.1, 0.15) is 0 Å². The Balaban J connectivity index is 2.11. The smallest absolute Gasteiger partial charge is 0.253 e. The molecule has 1 aromatic heterocycles. The highest BCUT2D eigenvalue weighted by atomic mass is 32.1. The Labute approximate surface area is 117 Å². The largest absolute Gasteiger partial charge is 0.385 e. The van der Waals surface area contributed by atoms with Crippen LogP contribution in [0.4, 0.5) is 5.69 Å². The third-order valence-corrected chi connectivity index (χ3v) is 3.55. The Bertz CT molecular complexity index is 549. The molecule has 0 spiro atoms. The van der Waals surface area contributed by atoms with Gasteiger partial charge in [-0.1, -0.05) is 11.6 Å². The molecule has 4 heteroatoms. The van der Waals surface area contributed by atoms with Gasteiger partial charge in [0.25, 0.3) is 5.91 Å². The molecule has 0 unspecified atom stereocenters. The van der Waals surface area contributed by atoms with E-state index in [2.05, 4.69) is 10.6 Å². The van der Waals surface area contributed by atoms with Crippen molar-refractivity contribution in [3.63, 3.8) is 0 Å². The number of nitrogens with one attached hydrogen (secondary N) is 2. The van der Waals surface area contributed by atoms with Crippen molar-refractivity contribution in [2.24, 2.45) is 0 Å². The second-order valence-electron chi connectivity index (χ2n) is 4.39. The summed E-state index contributed by atoms with van der Waals surface area (Å²) < 4.78 is 0. The zero-order valence-corrected chi connectivity index (χ0v) is 12.0. The average Bonchev–Trinajstić information content (AvgIpc) is 2.91. The Kier molecular flexibility index (Phi) is 4.58. The SMILES string of the molecule is CCNc1ccc(C)cc1C(=O)NCc1ccsc1. The highest BCUT2D eigenvalue weighted by Crippen LogP contribution is 2.17. The van der Waals surface area contributed by atoms with Gasteiger partial charge < -0.3 is 10.6 Å². The summed E-state index contributed by atoms with van der Waals surface area (Å²) in [6.45, 7) is 5.38. The molecule has 0 bridgehead atoms. The zero-order chi connectivity index (χ0) is 13.7. The molecule has 0 aliphatic heterocycles. The first-order chi connectivity index (χ1) is 9.20. The van der Waals surface area contributed by atoms with Crippen molar-refractivity contribution in [1.82, 2.24) is 5.32 Å². The molecular weight excluding hydrogens is 256 g/mol. The lowest BCUT2D eigenvalue weighted by Crippen LogP contribution is -2.23. The maximum atomic E-state index is 12.2. The standard InChI is InChI=1S/C15H18N2OS/c1-3-16-14-5-4-11(2)8-13(14)15(18)17-9-12-6-7-19-10-12/h4-8,10,16H,3,9H2,1-2H3,(H,17,18). The van der Waals surface area contributed by atoms with Gasteiger partial charge in [0.2, 0.25) is 0 Å². The van der Waals surface area contributed by atoms with Crippen LogP contribution in [0.1, 0.15) is 28.4 Å². The maximum Gasteiger partial charge on any atom is 0.253 e. The molecule has 0 saturated heterocycles. The molecule has 0 atom stereocenters. The first kappa shape index (κ1) is 13.6. The normalized spacial score (nSPS) is 10.2. The van der Waals surface area contributed by atoms with Crippen LogP contribution in [0.2, 0.25) is 0 Å². The quantitative estimate of drug-likeness (QED) is 0.877. The van der Waals surface area contributed by atoms with E-state index in [4.69, 9.17) is 0 Å². The van der Waals surface area contributed by atoms with Crippen molar-refractivity contribution in [1.29, 1.82) is 0 Å². The summed E-state index contributed by atoms with van der Waals surface area (Å²) in [4.78, 5) is 12.2. The number of benzene rings is 1. The first-order valence-electron chi connectivity index (χ1n) is 6.34. The van der Waals surface area contributed by atoms with Gasteiger partial charge in [-0.2, -0.15) is 11.3 Å². The van der Waals surface area contributed by atoms with Crippen molar-refractivity contribution in [2.75, 3.05) is 11.9 Å². The molecule has 2 aromatic rings. The van der Waals surface area contributed by atoms with Crippen LogP contribution in [0, 0.1) is 6.92 Å². The Hall–Kier alpha value is -1.81. The second kappa shape index (κ2) is 6.38. The fourth-order valence-electron chi connectivity index (χ4n) is 1.86. The van der Waals surface area contributed by atoms with E-state index in [1.165, 1.54) is 0 Å². The molecular formula is C15H18N2OS. The van der Waals surface area contributed by atoms with Gasteiger partial charge in [0.15, 0.2) is 0 Å². The van der Waals surface area contributed by atoms with E-state index in [-0.39, 0.29) is 5.91 Å². The zero-order valence-electron chi connectivity index (χ0n) is 11.2. The predicted molar refractivity (Wildman–Crippen MR) is 80.8 cm³/mol. The average molecular weight is 274 g/mol. The molecule has 0 radical (unpaired) electrons. The van der Waals surface area contributed by atoms with E-state index in [1.54, 1.807) is 11.3 Å². The molecule has 1 aromatic carbocycles. The Morgan fingerprint density at radius 1 is 1.32 bits per heavy atom. The van der Waals surface area contributed by atoms with E-state index >= 15 is 0 Å². The molecule has 100 valence electrons. The molecule has 0 fully saturated rings. The number of amides is 1. The van der Waals surface area contributed by atoms with Gasteiger partial charge in [-0.05, 0) is 48.4 Å². The van der Waals surface area contributed by atoms with Crippen molar-refractivity contribution in [3.8, 4) is 0 Å². The van der Waals surface area contributed by atoms with Crippen molar-refractivity contribution < 1.29 is 4.79 Å². The highest BCUT2D eigenvalue weighted by Gasteiger charge is 2.11. The third-order valence-electron chi connectivity index (χ3n) is 2.82. The fraction of sp³-hybridized carbons (Fsp3) is 0.267. The molecule has 1 amide bonds. The van der Waals surface area contributed by atoms with Gasteiger partial charge >= 0.3 is 0 Å². The molecule has 2 rings (SSSR count). The molecule has 19 heavy (non-hydrogen) atoms. The molecule has 0 aliphatic rings. The van der Waals surface area contributed by atoms with Gasteiger partial charge in [0, 0.05) is 18.8 Å². The van der Waals surface area contributed by atoms with E-state index in [0.717, 1.165) is 23.4 Å². The molecule has 1 heterocycles. The molecule has 0 aliphatic carbocycles. The van der Waals surface area contributed by atoms with E-state index < -0.39 is 0 Å². The van der Waals surface area contributed by atoms with Crippen molar-refractivity contribution in [2.45, 2.75) is 20.4 Å². The van der Waals surface area contributed by atoms with Crippen LogP contribution >= 0.6 is 11.3 Å².